The normalized spacial score (nSPS) is 24.7. The number of benzene rings is 1. The van der Waals surface area contributed by atoms with Crippen molar-refractivity contribution in [3.05, 3.63) is 35.9 Å². The van der Waals surface area contributed by atoms with Gasteiger partial charge in [0, 0.05) is 31.2 Å². The van der Waals surface area contributed by atoms with Gasteiger partial charge in [0.1, 0.15) is 0 Å². The van der Waals surface area contributed by atoms with E-state index in [-0.39, 0.29) is 18.4 Å². The van der Waals surface area contributed by atoms with Crippen molar-refractivity contribution in [3.63, 3.8) is 0 Å². The van der Waals surface area contributed by atoms with Crippen LogP contribution in [0.4, 0.5) is 0 Å². The molecule has 1 aromatic rings. The lowest BCUT2D eigenvalue weighted by Gasteiger charge is -2.35. The Morgan fingerprint density at radius 3 is 2.65 bits per heavy atom. The van der Waals surface area contributed by atoms with Gasteiger partial charge in [-0.3, -0.25) is 4.79 Å². The number of hydrogen-bond acceptors (Lipinski definition) is 3. The van der Waals surface area contributed by atoms with Crippen molar-refractivity contribution >= 4 is 5.91 Å². The molecule has 0 bridgehead atoms. The Hall–Kier alpha value is -1.39. The van der Waals surface area contributed by atoms with Crippen molar-refractivity contribution in [3.8, 4) is 0 Å². The molecule has 1 amide bonds. The van der Waals surface area contributed by atoms with Gasteiger partial charge in [-0.05, 0) is 18.6 Å². The van der Waals surface area contributed by atoms with Gasteiger partial charge in [-0.15, -0.1) is 0 Å². The maximum absolute atomic E-state index is 12.1. The molecule has 1 saturated heterocycles. The third kappa shape index (κ3) is 2.65. The van der Waals surface area contributed by atoms with Gasteiger partial charge >= 0.3 is 0 Å². The summed E-state index contributed by atoms with van der Waals surface area (Å²) in [7, 11) is 0. The van der Waals surface area contributed by atoms with Crippen LogP contribution in [-0.2, 0) is 0 Å². The molecular weight excluding hydrogens is 218 g/mol. The average molecular weight is 235 g/mol. The zero-order valence-corrected chi connectivity index (χ0v) is 9.62. The Bertz CT molecular complexity index is 380. The van der Waals surface area contributed by atoms with Crippen molar-refractivity contribution in [2.45, 2.75) is 12.5 Å². The van der Waals surface area contributed by atoms with Crippen LogP contribution in [0.15, 0.2) is 30.3 Å². The third-order valence-corrected chi connectivity index (χ3v) is 3.26. The zero-order valence-electron chi connectivity index (χ0n) is 9.62. The van der Waals surface area contributed by atoms with Gasteiger partial charge in [-0.1, -0.05) is 18.2 Å². The standard InChI is InChI=1S/C13H17NO3/c15-9-11-6-7-14(8-12(11)16)13(17)10-4-2-1-3-5-10/h1-5,11-12,15-16H,6-9H2/t11-,12+/m0/s1. The van der Waals surface area contributed by atoms with E-state index in [9.17, 15) is 9.90 Å². The lowest BCUT2D eigenvalue weighted by Crippen LogP contribution is -2.47. The second kappa shape index (κ2) is 5.29. The first-order valence-electron chi connectivity index (χ1n) is 5.85. The van der Waals surface area contributed by atoms with E-state index in [0.29, 0.717) is 25.1 Å². The predicted octanol–water partition coefficient (Wildman–Crippen LogP) is 0.502. The molecule has 2 rings (SSSR count). The maximum Gasteiger partial charge on any atom is 0.253 e. The molecule has 0 saturated carbocycles. The number of piperidine rings is 1. The van der Waals surface area contributed by atoms with E-state index in [1.807, 2.05) is 18.2 Å². The van der Waals surface area contributed by atoms with Gasteiger partial charge in [0.25, 0.3) is 5.91 Å². The molecule has 1 fully saturated rings. The van der Waals surface area contributed by atoms with Crippen molar-refractivity contribution in [2.24, 2.45) is 5.92 Å². The molecule has 0 spiro atoms. The number of aliphatic hydroxyl groups excluding tert-OH is 2. The van der Waals surface area contributed by atoms with Crippen LogP contribution in [0.5, 0.6) is 0 Å². The van der Waals surface area contributed by atoms with E-state index >= 15 is 0 Å². The van der Waals surface area contributed by atoms with Crippen LogP contribution in [0.3, 0.4) is 0 Å². The molecule has 1 aromatic carbocycles. The summed E-state index contributed by atoms with van der Waals surface area (Å²) in [5.41, 5.74) is 0.641. The number of β-amino-alcohol motifs (C(OH)–C–C–N with tert-alkyl or cyclic N) is 1. The number of carbonyl (C=O) groups is 1. The summed E-state index contributed by atoms with van der Waals surface area (Å²) in [6, 6.07) is 9.05. The number of rotatable bonds is 2. The first-order chi connectivity index (χ1) is 8.22. The Kier molecular flexibility index (Phi) is 3.76. The van der Waals surface area contributed by atoms with Crippen LogP contribution in [-0.4, -0.2) is 46.8 Å². The molecule has 1 aliphatic heterocycles. The highest BCUT2D eigenvalue weighted by molar-refractivity contribution is 5.94. The molecule has 92 valence electrons. The molecule has 1 aliphatic rings. The summed E-state index contributed by atoms with van der Waals surface area (Å²) in [6.45, 7) is 0.878. The highest BCUT2D eigenvalue weighted by atomic mass is 16.3. The van der Waals surface area contributed by atoms with Crippen LogP contribution in [0, 0.1) is 5.92 Å². The minimum Gasteiger partial charge on any atom is -0.396 e. The summed E-state index contributed by atoms with van der Waals surface area (Å²) in [5, 5.41) is 18.8. The summed E-state index contributed by atoms with van der Waals surface area (Å²) in [4.78, 5) is 13.7. The van der Waals surface area contributed by atoms with Crippen LogP contribution in [0.25, 0.3) is 0 Å². The van der Waals surface area contributed by atoms with Crippen LogP contribution < -0.4 is 0 Å². The van der Waals surface area contributed by atoms with Crippen molar-refractivity contribution in [1.29, 1.82) is 0 Å². The average Bonchev–Trinajstić information content (AvgIpc) is 2.39. The fourth-order valence-corrected chi connectivity index (χ4v) is 2.14. The van der Waals surface area contributed by atoms with E-state index in [1.165, 1.54) is 0 Å². The number of amides is 1. The molecule has 0 aromatic heterocycles. The van der Waals surface area contributed by atoms with Crippen molar-refractivity contribution < 1.29 is 15.0 Å². The Labute approximate surface area is 100 Å². The summed E-state index contributed by atoms with van der Waals surface area (Å²) >= 11 is 0. The van der Waals surface area contributed by atoms with E-state index in [2.05, 4.69) is 0 Å². The van der Waals surface area contributed by atoms with Gasteiger partial charge in [0.05, 0.1) is 6.10 Å². The lowest BCUT2D eigenvalue weighted by atomic mass is 9.94. The first kappa shape index (κ1) is 12.1. The summed E-state index contributed by atoms with van der Waals surface area (Å²) in [6.07, 6.45) is 0.0254. The van der Waals surface area contributed by atoms with Crippen LogP contribution in [0.1, 0.15) is 16.8 Å². The molecule has 0 radical (unpaired) electrons. The van der Waals surface area contributed by atoms with E-state index in [4.69, 9.17) is 5.11 Å². The van der Waals surface area contributed by atoms with E-state index in [1.54, 1.807) is 17.0 Å². The molecule has 4 heteroatoms. The molecule has 4 nitrogen and oxygen atoms in total. The predicted molar refractivity (Wildman–Crippen MR) is 63.5 cm³/mol. The largest absolute Gasteiger partial charge is 0.396 e. The molecule has 0 aliphatic carbocycles. The second-order valence-corrected chi connectivity index (χ2v) is 4.42. The molecule has 1 heterocycles. The minimum atomic E-state index is -0.624. The fourth-order valence-electron chi connectivity index (χ4n) is 2.14. The quantitative estimate of drug-likeness (QED) is 0.785. The fraction of sp³-hybridized carbons (Fsp3) is 0.462. The number of hydrogen-bond donors (Lipinski definition) is 2. The Morgan fingerprint density at radius 1 is 1.35 bits per heavy atom. The summed E-state index contributed by atoms with van der Waals surface area (Å²) in [5.74, 6) is -0.157. The Morgan fingerprint density at radius 2 is 2.06 bits per heavy atom. The van der Waals surface area contributed by atoms with Crippen molar-refractivity contribution in [2.75, 3.05) is 19.7 Å². The van der Waals surface area contributed by atoms with Crippen LogP contribution >= 0.6 is 0 Å². The second-order valence-electron chi connectivity index (χ2n) is 4.42. The molecule has 2 N–H and O–H groups in total. The van der Waals surface area contributed by atoms with Gasteiger partial charge in [-0.2, -0.15) is 0 Å². The van der Waals surface area contributed by atoms with Crippen molar-refractivity contribution in [1.82, 2.24) is 4.90 Å². The van der Waals surface area contributed by atoms with Gasteiger partial charge in [0.15, 0.2) is 0 Å². The van der Waals surface area contributed by atoms with Gasteiger partial charge in [-0.25, -0.2) is 0 Å². The van der Waals surface area contributed by atoms with E-state index < -0.39 is 6.10 Å². The maximum atomic E-state index is 12.1. The lowest BCUT2D eigenvalue weighted by molar-refractivity contribution is 0.000877. The summed E-state index contributed by atoms with van der Waals surface area (Å²) < 4.78 is 0. The number of carbonyl (C=O) groups excluding carboxylic acids is 1. The monoisotopic (exact) mass is 235 g/mol. The molecular formula is C13H17NO3. The van der Waals surface area contributed by atoms with Gasteiger partial charge < -0.3 is 15.1 Å². The molecule has 0 unspecified atom stereocenters. The SMILES string of the molecule is O=C(c1ccccc1)N1CC[C@@H](CO)[C@H](O)C1. The van der Waals surface area contributed by atoms with Gasteiger partial charge in [0.2, 0.25) is 0 Å². The highest BCUT2D eigenvalue weighted by Gasteiger charge is 2.29. The number of likely N-dealkylation sites (tertiary alicyclic amines) is 1. The van der Waals surface area contributed by atoms with Crippen LogP contribution in [0.2, 0.25) is 0 Å². The smallest absolute Gasteiger partial charge is 0.253 e. The van der Waals surface area contributed by atoms with E-state index in [0.717, 1.165) is 0 Å². The highest BCUT2D eigenvalue weighted by Crippen LogP contribution is 2.19. The minimum absolute atomic E-state index is 0.0193. The first-order valence-corrected chi connectivity index (χ1v) is 5.85. The zero-order chi connectivity index (χ0) is 12.3. The third-order valence-electron chi connectivity index (χ3n) is 3.26. The number of aliphatic hydroxyl groups is 2. The molecule has 2 atom stereocenters. The number of nitrogens with zero attached hydrogens (tertiary/aromatic N) is 1. The topological polar surface area (TPSA) is 60.8 Å². The Balaban J connectivity index is 2.03. The molecule has 17 heavy (non-hydrogen) atoms.